The third kappa shape index (κ3) is 3.66. The highest BCUT2D eigenvalue weighted by molar-refractivity contribution is 5.43. The van der Waals surface area contributed by atoms with Gasteiger partial charge in [0.2, 0.25) is 0 Å². The third-order valence-electron chi connectivity index (χ3n) is 4.45. The maximum Gasteiger partial charge on any atom is 0.161 e. The monoisotopic (exact) mass is 277 g/mol. The zero-order valence-corrected chi connectivity index (χ0v) is 12.9. The molecule has 2 rings (SSSR count). The largest absolute Gasteiger partial charge is 0.493 e. The van der Waals surface area contributed by atoms with Gasteiger partial charge in [-0.1, -0.05) is 38.2 Å². The summed E-state index contributed by atoms with van der Waals surface area (Å²) in [4.78, 5) is 0. The summed E-state index contributed by atoms with van der Waals surface area (Å²) in [6.07, 6.45) is 8.18. The summed E-state index contributed by atoms with van der Waals surface area (Å²) in [5.74, 6) is 2.46. The second kappa shape index (κ2) is 7.53. The Morgan fingerprint density at radius 2 is 1.80 bits per heavy atom. The van der Waals surface area contributed by atoms with Crippen molar-refractivity contribution in [2.75, 3.05) is 21.3 Å². The van der Waals surface area contributed by atoms with Crippen molar-refractivity contribution in [1.29, 1.82) is 0 Å². The SMILES string of the molecule is CNC(CC1CCCCC1)c1ccc(OC)c(OC)c1. The quantitative estimate of drug-likeness (QED) is 0.854. The van der Waals surface area contributed by atoms with Gasteiger partial charge in [-0.3, -0.25) is 0 Å². The first-order chi connectivity index (χ1) is 9.78. The summed E-state index contributed by atoms with van der Waals surface area (Å²) < 4.78 is 10.7. The van der Waals surface area contributed by atoms with Gasteiger partial charge in [0.1, 0.15) is 0 Å². The summed E-state index contributed by atoms with van der Waals surface area (Å²) in [5.41, 5.74) is 1.29. The average molecular weight is 277 g/mol. The molecule has 20 heavy (non-hydrogen) atoms. The van der Waals surface area contributed by atoms with Gasteiger partial charge in [0.25, 0.3) is 0 Å². The minimum Gasteiger partial charge on any atom is -0.493 e. The maximum atomic E-state index is 5.41. The van der Waals surface area contributed by atoms with Crippen molar-refractivity contribution >= 4 is 0 Å². The van der Waals surface area contributed by atoms with Gasteiger partial charge in [0.05, 0.1) is 14.2 Å². The van der Waals surface area contributed by atoms with Gasteiger partial charge >= 0.3 is 0 Å². The van der Waals surface area contributed by atoms with Crippen LogP contribution < -0.4 is 14.8 Å². The Bertz CT molecular complexity index is 413. The van der Waals surface area contributed by atoms with Crippen molar-refractivity contribution in [2.24, 2.45) is 5.92 Å². The molecule has 112 valence electrons. The molecule has 1 aliphatic carbocycles. The van der Waals surface area contributed by atoms with Crippen LogP contribution >= 0.6 is 0 Å². The smallest absolute Gasteiger partial charge is 0.161 e. The van der Waals surface area contributed by atoms with Crippen LogP contribution in [0, 0.1) is 5.92 Å². The first-order valence-corrected chi connectivity index (χ1v) is 7.67. The predicted molar refractivity (Wildman–Crippen MR) is 82.5 cm³/mol. The fourth-order valence-corrected chi connectivity index (χ4v) is 3.25. The number of hydrogen-bond acceptors (Lipinski definition) is 3. The standard InChI is InChI=1S/C17H27NO2/c1-18-15(11-13-7-5-4-6-8-13)14-9-10-16(19-2)17(12-14)20-3/h9-10,12-13,15,18H,4-8,11H2,1-3H3. The molecule has 0 bridgehead atoms. The molecule has 3 heteroatoms. The molecule has 0 aliphatic heterocycles. The van der Waals surface area contributed by atoms with Crippen LogP contribution in [-0.4, -0.2) is 21.3 Å². The number of methoxy groups -OCH3 is 2. The first-order valence-electron chi connectivity index (χ1n) is 7.67. The lowest BCUT2D eigenvalue weighted by molar-refractivity contribution is 0.304. The molecule has 1 N–H and O–H groups in total. The van der Waals surface area contributed by atoms with Crippen LogP contribution in [0.3, 0.4) is 0 Å². The normalized spacial score (nSPS) is 17.8. The molecular formula is C17H27NO2. The van der Waals surface area contributed by atoms with Gasteiger partial charge in [-0.05, 0) is 37.1 Å². The van der Waals surface area contributed by atoms with E-state index in [0.717, 1.165) is 17.4 Å². The van der Waals surface area contributed by atoms with E-state index in [1.165, 1.54) is 44.1 Å². The third-order valence-corrected chi connectivity index (χ3v) is 4.45. The molecular weight excluding hydrogens is 250 g/mol. The van der Waals surface area contributed by atoms with Gasteiger partial charge in [-0.15, -0.1) is 0 Å². The Kier molecular flexibility index (Phi) is 5.72. The van der Waals surface area contributed by atoms with E-state index in [0.29, 0.717) is 6.04 Å². The predicted octanol–water partition coefficient (Wildman–Crippen LogP) is 3.93. The molecule has 0 heterocycles. The fraction of sp³-hybridized carbons (Fsp3) is 0.647. The summed E-state index contributed by atoms with van der Waals surface area (Å²) in [7, 11) is 5.41. The van der Waals surface area contributed by atoms with Crippen molar-refractivity contribution in [3.63, 3.8) is 0 Å². The Morgan fingerprint density at radius 1 is 1.10 bits per heavy atom. The second-order valence-corrected chi connectivity index (χ2v) is 5.70. The molecule has 1 atom stereocenters. The fourth-order valence-electron chi connectivity index (χ4n) is 3.25. The summed E-state index contributed by atoms with van der Waals surface area (Å²) in [6.45, 7) is 0. The van der Waals surface area contributed by atoms with Gasteiger partial charge in [0, 0.05) is 6.04 Å². The van der Waals surface area contributed by atoms with Crippen molar-refractivity contribution in [3.8, 4) is 11.5 Å². The molecule has 0 radical (unpaired) electrons. The lowest BCUT2D eigenvalue weighted by atomic mass is 9.83. The first kappa shape index (κ1) is 15.2. The molecule has 0 spiro atoms. The topological polar surface area (TPSA) is 30.5 Å². The lowest BCUT2D eigenvalue weighted by Gasteiger charge is -2.27. The molecule has 1 aromatic rings. The summed E-state index contributed by atoms with van der Waals surface area (Å²) in [5, 5.41) is 3.46. The Balaban J connectivity index is 2.09. The van der Waals surface area contributed by atoms with Crippen LogP contribution in [0.15, 0.2) is 18.2 Å². The van der Waals surface area contributed by atoms with E-state index in [2.05, 4.69) is 17.4 Å². The molecule has 1 aliphatic rings. The van der Waals surface area contributed by atoms with E-state index in [4.69, 9.17) is 9.47 Å². The molecule has 1 saturated carbocycles. The number of hydrogen-bond donors (Lipinski definition) is 1. The van der Waals surface area contributed by atoms with Crippen LogP contribution in [0.2, 0.25) is 0 Å². The Hall–Kier alpha value is -1.22. The molecule has 1 aromatic carbocycles. The molecule has 1 unspecified atom stereocenters. The maximum absolute atomic E-state index is 5.41. The molecule has 1 fully saturated rings. The number of ether oxygens (including phenoxy) is 2. The minimum absolute atomic E-state index is 0.401. The zero-order valence-electron chi connectivity index (χ0n) is 12.9. The second-order valence-electron chi connectivity index (χ2n) is 5.70. The van der Waals surface area contributed by atoms with Gasteiger partial charge in [0.15, 0.2) is 11.5 Å². The van der Waals surface area contributed by atoms with E-state index in [9.17, 15) is 0 Å². The summed E-state index contributed by atoms with van der Waals surface area (Å²) >= 11 is 0. The molecule has 0 aromatic heterocycles. The van der Waals surface area contributed by atoms with Crippen molar-refractivity contribution in [2.45, 2.75) is 44.6 Å². The number of nitrogens with one attached hydrogen (secondary N) is 1. The lowest BCUT2D eigenvalue weighted by Crippen LogP contribution is -2.21. The highest BCUT2D eigenvalue weighted by Crippen LogP contribution is 2.35. The van der Waals surface area contributed by atoms with Crippen LogP contribution in [-0.2, 0) is 0 Å². The van der Waals surface area contributed by atoms with Crippen molar-refractivity contribution in [1.82, 2.24) is 5.32 Å². The summed E-state index contributed by atoms with van der Waals surface area (Å²) in [6, 6.07) is 6.64. The molecule has 3 nitrogen and oxygen atoms in total. The van der Waals surface area contributed by atoms with Gasteiger partial charge in [-0.25, -0.2) is 0 Å². The van der Waals surface area contributed by atoms with E-state index in [1.54, 1.807) is 14.2 Å². The average Bonchev–Trinajstić information content (AvgIpc) is 2.53. The highest BCUT2D eigenvalue weighted by atomic mass is 16.5. The van der Waals surface area contributed by atoms with Crippen LogP contribution in [0.1, 0.15) is 50.1 Å². The van der Waals surface area contributed by atoms with Gasteiger partial charge in [-0.2, -0.15) is 0 Å². The zero-order chi connectivity index (χ0) is 14.4. The Labute approximate surface area is 122 Å². The highest BCUT2D eigenvalue weighted by Gasteiger charge is 2.20. The van der Waals surface area contributed by atoms with E-state index < -0.39 is 0 Å². The van der Waals surface area contributed by atoms with E-state index in [-0.39, 0.29) is 0 Å². The van der Waals surface area contributed by atoms with Gasteiger partial charge < -0.3 is 14.8 Å². The van der Waals surface area contributed by atoms with E-state index >= 15 is 0 Å². The van der Waals surface area contributed by atoms with Crippen LogP contribution in [0.4, 0.5) is 0 Å². The Morgan fingerprint density at radius 3 is 2.40 bits per heavy atom. The number of benzene rings is 1. The van der Waals surface area contributed by atoms with Crippen LogP contribution in [0.5, 0.6) is 11.5 Å². The minimum atomic E-state index is 0.401. The molecule has 0 amide bonds. The van der Waals surface area contributed by atoms with Crippen LogP contribution in [0.25, 0.3) is 0 Å². The van der Waals surface area contributed by atoms with E-state index in [1.807, 2.05) is 13.1 Å². The number of rotatable bonds is 6. The molecule has 0 saturated heterocycles. The van der Waals surface area contributed by atoms with Crippen molar-refractivity contribution < 1.29 is 9.47 Å². The van der Waals surface area contributed by atoms with Crippen molar-refractivity contribution in [3.05, 3.63) is 23.8 Å².